The maximum absolute atomic E-state index is 12.2. The number of rotatable bonds is 4. The molecular weight excluding hydrogens is 282 g/mol. The summed E-state index contributed by atoms with van der Waals surface area (Å²) in [6, 6.07) is 3.18. The Labute approximate surface area is 122 Å². The Morgan fingerprint density at radius 3 is 2.60 bits per heavy atom. The molecule has 6 nitrogen and oxygen atoms in total. The predicted molar refractivity (Wildman–Crippen MR) is 73.8 cm³/mol. The molecule has 1 aliphatic rings. The summed E-state index contributed by atoms with van der Waals surface area (Å²) in [5, 5.41) is 9.14. The minimum absolute atomic E-state index is 0.129. The van der Waals surface area contributed by atoms with Crippen molar-refractivity contribution in [1.29, 1.82) is 0 Å². The highest BCUT2D eigenvalue weighted by Crippen LogP contribution is 2.12. The van der Waals surface area contributed by atoms with Gasteiger partial charge in [0.15, 0.2) is 0 Å². The number of hydrogen-bond acceptors (Lipinski definition) is 4. The molecule has 0 bridgehead atoms. The predicted octanol–water partition coefficient (Wildman–Crippen LogP) is 0.967. The third-order valence-corrected chi connectivity index (χ3v) is 3.48. The number of carbonyl (C=O) groups is 2. The maximum atomic E-state index is 12.2. The fourth-order valence-corrected chi connectivity index (χ4v) is 2.27. The number of carbonyl (C=O) groups excluding carboxylic acids is 1. The van der Waals surface area contributed by atoms with Crippen LogP contribution in [-0.4, -0.2) is 64.5 Å². The molecule has 2 rings (SSSR count). The molecule has 0 atom stereocenters. The smallest absolute Gasteiger partial charge is 0.304 e. The lowest BCUT2D eigenvalue weighted by molar-refractivity contribution is -0.137. The van der Waals surface area contributed by atoms with Crippen LogP contribution in [0.15, 0.2) is 18.3 Å². The Morgan fingerprint density at radius 1 is 1.30 bits per heavy atom. The van der Waals surface area contributed by atoms with Crippen LogP contribution in [0.25, 0.3) is 0 Å². The standard InChI is InChI=1S/C13H16ClN3O3/c14-10-1-3-15-11(9-10)13(20)17-7-5-16(6-8-17)4-2-12(18)19/h1,3,9H,2,4-8H2,(H,18,19). The summed E-state index contributed by atoms with van der Waals surface area (Å²) < 4.78 is 0. The van der Waals surface area contributed by atoms with Crippen LogP contribution >= 0.6 is 11.6 Å². The van der Waals surface area contributed by atoms with Crippen molar-refractivity contribution in [3.63, 3.8) is 0 Å². The third-order valence-electron chi connectivity index (χ3n) is 3.24. The Balaban J connectivity index is 1.87. The van der Waals surface area contributed by atoms with Gasteiger partial charge in [0.05, 0.1) is 6.42 Å². The average molecular weight is 298 g/mol. The summed E-state index contributed by atoms with van der Waals surface area (Å²) in [6.45, 7) is 3.03. The number of aliphatic carboxylic acids is 1. The summed E-state index contributed by atoms with van der Waals surface area (Å²) in [6.07, 6.45) is 1.64. The first-order chi connectivity index (χ1) is 9.56. The highest BCUT2D eigenvalue weighted by atomic mass is 35.5. The number of halogens is 1. The largest absolute Gasteiger partial charge is 0.481 e. The van der Waals surface area contributed by atoms with Crippen molar-refractivity contribution in [3.05, 3.63) is 29.0 Å². The number of amides is 1. The molecule has 2 heterocycles. The van der Waals surface area contributed by atoms with Crippen molar-refractivity contribution in [3.8, 4) is 0 Å². The van der Waals surface area contributed by atoms with Crippen LogP contribution in [0.1, 0.15) is 16.9 Å². The van der Waals surface area contributed by atoms with Gasteiger partial charge in [0.25, 0.3) is 5.91 Å². The van der Waals surface area contributed by atoms with Crippen molar-refractivity contribution < 1.29 is 14.7 Å². The fourth-order valence-electron chi connectivity index (χ4n) is 2.11. The van der Waals surface area contributed by atoms with Gasteiger partial charge in [-0.2, -0.15) is 0 Å². The maximum Gasteiger partial charge on any atom is 0.304 e. The molecule has 0 saturated carbocycles. The second kappa shape index (κ2) is 6.67. The van der Waals surface area contributed by atoms with Crippen LogP contribution in [0.2, 0.25) is 5.02 Å². The lowest BCUT2D eigenvalue weighted by Crippen LogP contribution is -2.49. The van der Waals surface area contributed by atoms with Crippen molar-refractivity contribution in [2.24, 2.45) is 0 Å². The minimum atomic E-state index is -0.799. The van der Waals surface area contributed by atoms with Gasteiger partial charge in [-0.15, -0.1) is 0 Å². The third kappa shape index (κ3) is 3.91. The van der Waals surface area contributed by atoms with E-state index in [9.17, 15) is 9.59 Å². The molecule has 0 radical (unpaired) electrons. The molecule has 1 aromatic rings. The Hall–Kier alpha value is -1.66. The molecule has 0 aromatic carbocycles. The van der Waals surface area contributed by atoms with Gasteiger partial charge < -0.3 is 10.0 Å². The van der Waals surface area contributed by atoms with Gasteiger partial charge in [0.1, 0.15) is 5.69 Å². The molecule has 1 amide bonds. The van der Waals surface area contributed by atoms with E-state index >= 15 is 0 Å². The number of aromatic nitrogens is 1. The summed E-state index contributed by atoms with van der Waals surface area (Å²) >= 11 is 5.85. The van der Waals surface area contributed by atoms with Crippen LogP contribution in [0.5, 0.6) is 0 Å². The van der Waals surface area contributed by atoms with Gasteiger partial charge in [-0.25, -0.2) is 0 Å². The number of hydrogen-bond donors (Lipinski definition) is 1. The monoisotopic (exact) mass is 297 g/mol. The van der Waals surface area contributed by atoms with Crippen molar-refractivity contribution >= 4 is 23.5 Å². The highest BCUT2D eigenvalue weighted by molar-refractivity contribution is 6.30. The first-order valence-electron chi connectivity index (χ1n) is 6.41. The molecule has 0 spiro atoms. The molecule has 0 aliphatic carbocycles. The topological polar surface area (TPSA) is 73.7 Å². The highest BCUT2D eigenvalue weighted by Gasteiger charge is 2.23. The lowest BCUT2D eigenvalue weighted by atomic mass is 10.2. The zero-order chi connectivity index (χ0) is 14.5. The van der Waals surface area contributed by atoms with Gasteiger partial charge in [-0.1, -0.05) is 11.6 Å². The van der Waals surface area contributed by atoms with Gasteiger partial charge in [0.2, 0.25) is 0 Å². The van der Waals surface area contributed by atoms with E-state index in [4.69, 9.17) is 16.7 Å². The van der Waals surface area contributed by atoms with E-state index in [0.29, 0.717) is 43.4 Å². The minimum Gasteiger partial charge on any atom is -0.481 e. The summed E-state index contributed by atoms with van der Waals surface area (Å²) in [5.74, 6) is -0.933. The quantitative estimate of drug-likeness (QED) is 0.896. The first kappa shape index (κ1) is 14.7. The zero-order valence-corrected chi connectivity index (χ0v) is 11.7. The van der Waals surface area contributed by atoms with E-state index in [1.54, 1.807) is 17.0 Å². The Kier molecular flexibility index (Phi) is 4.92. The number of carboxylic acid groups (broad SMARTS) is 1. The second-order valence-electron chi connectivity index (χ2n) is 4.64. The SMILES string of the molecule is O=C(O)CCN1CCN(C(=O)c2cc(Cl)ccn2)CC1. The second-order valence-corrected chi connectivity index (χ2v) is 5.07. The molecular formula is C13H16ClN3O3. The van der Waals surface area contributed by atoms with Gasteiger partial charge in [0, 0.05) is 43.9 Å². The molecule has 1 aromatic heterocycles. The van der Waals surface area contributed by atoms with E-state index in [2.05, 4.69) is 4.98 Å². The van der Waals surface area contributed by atoms with E-state index in [0.717, 1.165) is 0 Å². The Bertz CT molecular complexity index is 501. The van der Waals surface area contributed by atoms with E-state index in [1.165, 1.54) is 6.20 Å². The van der Waals surface area contributed by atoms with Crippen molar-refractivity contribution in [1.82, 2.24) is 14.8 Å². The van der Waals surface area contributed by atoms with Crippen molar-refractivity contribution in [2.45, 2.75) is 6.42 Å². The normalized spacial score (nSPS) is 16.1. The van der Waals surface area contributed by atoms with Crippen LogP contribution in [0.4, 0.5) is 0 Å². The number of pyridine rings is 1. The van der Waals surface area contributed by atoms with Crippen molar-refractivity contribution in [2.75, 3.05) is 32.7 Å². The van der Waals surface area contributed by atoms with Gasteiger partial charge in [-0.3, -0.25) is 19.5 Å². The zero-order valence-electron chi connectivity index (χ0n) is 11.0. The lowest BCUT2D eigenvalue weighted by Gasteiger charge is -2.34. The molecule has 7 heteroatoms. The van der Waals surface area contributed by atoms with Crippen LogP contribution in [0.3, 0.4) is 0 Å². The first-order valence-corrected chi connectivity index (χ1v) is 6.79. The summed E-state index contributed by atoms with van der Waals surface area (Å²) in [4.78, 5) is 30.5. The number of piperazine rings is 1. The van der Waals surface area contributed by atoms with E-state index in [1.807, 2.05) is 4.90 Å². The number of nitrogens with zero attached hydrogens (tertiary/aromatic N) is 3. The Morgan fingerprint density at radius 2 is 2.00 bits per heavy atom. The van der Waals surface area contributed by atoms with Crippen LogP contribution in [-0.2, 0) is 4.79 Å². The number of carboxylic acids is 1. The van der Waals surface area contributed by atoms with E-state index < -0.39 is 5.97 Å². The van der Waals surface area contributed by atoms with Crippen LogP contribution < -0.4 is 0 Å². The molecule has 1 saturated heterocycles. The van der Waals surface area contributed by atoms with Gasteiger partial charge in [-0.05, 0) is 12.1 Å². The summed E-state index contributed by atoms with van der Waals surface area (Å²) in [5.41, 5.74) is 0.344. The summed E-state index contributed by atoms with van der Waals surface area (Å²) in [7, 11) is 0. The molecule has 1 N–H and O–H groups in total. The molecule has 1 aliphatic heterocycles. The molecule has 108 valence electrons. The molecule has 0 unspecified atom stereocenters. The van der Waals surface area contributed by atoms with Gasteiger partial charge >= 0.3 is 5.97 Å². The van der Waals surface area contributed by atoms with Crippen LogP contribution in [0, 0.1) is 0 Å². The molecule has 20 heavy (non-hydrogen) atoms. The fraction of sp³-hybridized carbons (Fsp3) is 0.462. The van der Waals surface area contributed by atoms with E-state index in [-0.39, 0.29) is 12.3 Å². The average Bonchev–Trinajstić information content (AvgIpc) is 2.45. The molecule has 1 fully saturated rings.